The van der Waals surface area contributed by atoms with Crippen LogP contribution in [0.5, 0.6) is 0 Å². The van der Waals surface area contributed by atoms with E-state index in [1.165, 1.54) is 7.05 Å². The lowest BCUT2D eigenvalue weighted by Crippen LogP contribution is -2.39. The maximum atomic E-state index is 12.5. The van der Waals surface area contributed by atoms with Crippen molar-refractivity contribution < 1.29 is 14.7 Å². The van der Waals surface area contributed by atoms with Crippen LogP contribution in [-0.2, 0) is 18.3 Å². The highest BCUT2D eigenvalue weighted by Crippen LogP contribution is 2.12. The van der Waals surface area contributed by atoms with Gasteiger partial charge in [0.05, 0.1) is 11.6 Å². The number of nitrogens with zero attached hydrogens (tertiary/aromatic N) is 2. The van der Waals surface area contributed by atoms with Crippen LogP contribution in [0.1, 0.15) is 32.7 Å². The number of nitrogens with one attached hydrogen (secondary N) is 1. The van der Waals surface area contributed by atoms with E-state index >= 15 is 0 Å². The SMILES string of the molecule is Cc1cccc(CC(CNC(=O)c2c(C)c(C)nn(C)c2=O)C(=O)O)c1. The zero-order valence-corrected chi connectivity index (χ0v) is 15.4. The molecule has 0 aliphatic rings. The van der Waals surface area contributed by atoms with E-state index in [2.05, 4.69) is 10.4 Å². The van der Waals surface area contributed by atoms with Gasteiger partial charge in [0, 0.05) is 13.6 Å². The number of amides is 1. The van der Waals surface area contributed by atoms with Crippen LogP contribution in [0.3, 0.4) is 0 Å². The molecule has 0 aliphatic carbocycles. The van der Waals surface area contributed by atoms with E-state index in [1.54, 1.807) is 13.8 Å². The van der Waals surface area contributed by atoms with E-state index in [9.17, 15) is 19.5 Å². The molecule has 0 saturated carbocycles. The van der Waals surface area contributed by atoms with Crippen molar-refractivity contribution in [2.45, 2.75) is 27.2 Å². The van der Waals surface area contributed by atoms with Gasteiger partial charge >= 0.3 is 5.97 Å². The number of aryl methyl sites for hydroxylation is 3. The van der Waals surface area contributed by atoms with Crippen molar-refractivity contribution in [2.24, 2.45) is 13.0 Å². The summed E-state index contributed by atoms with van der Waals surface area (Å²) in [5.74, 6) is -2.36. The quantitative estimate of drug-likeness (QED) is 0.813. The molecule has 0 aliphatic heterocycles. The van der Waals surface area contributed by atoms with Crippen LogP contribution in [-0.4, -0.2) is 33.3 Å². The Morgan fingerprint density at radius 2 is 1.96 bits per heavy atom. The van der Waals surface area contributed by atoms with Crippen LogP contribution in [0.15, 0.2) is 29.1 Å². The smallest absolute Gasteiger partial charge is 0.308 e. The maximum absolute atomic E-state index is 12.5. The van der Waals surface area contributed by atoms with Crippen molar-refractivity contribution in [2.75, 3.05) is 6.54 Å². The first-order chi connectivity index (χ1) is 12.2. The lowest BCUT2D eigenvalue weighted by atomic mass is 9.98. The Morgan fingerprint density at radius 3 is 2.58 bits per heavy atom. The number of hydrogen-bond acceptors (Lipinski definition) is 4. The van der Waals surface area contributed by atoms with E-state index in [0.717, 1.165) is 15.8 Å². The number of carbonyl (C=O) groups excluding carboxylic acids is 1. The molecule has 0 bridgehead atoms. The number of benzene rings is 1. The molecule has 0 fully saturated rings. The second-order valence-corrected chi connectivity index (χ2v) is 6.45. The van der Waals surface area contributed by atoms with Crippen LogP contribution >= 0.6 is 0 Å². The van der Waals surface area contributed by atoms with Crippen molar-refractivity contribution in [3.8, 4) is 0 Å². The largest absolute Gasteiger partial charge is 0.481 e. The number of carboxylic acid groups (broad SMARTS) is 1. The third-order valence-electron chi connectivity index (χ3n) is 4.38. The molecule has 7 nitrogen and oxygen atoms in total. The summed E-state index contributed by atoms with van der Waals surface area (Å²) in [6.07, 6.45) is 0.295. The van der Waals surface area contributed by atoms with E-state index in [0.29, 0.717) is 17.7 Å². The predicted octanol–water partition coefficient (Wildman–Crippen LogP) is 1.38. The van der Waals surface area contributed by atoms with Crippen molar-refractivity contribution in [1.29, 1.82) is 0 Å². The van der Waals surface area contributed by atoms with Crippen LogP contribution < -0.4 is 10.9 Å². The van der Waals surface area contributed by atoms with Gasteiger partial charge in [0.15, 0.2) is 0 Å². The maximum Gasteiger partial charge on any atom is 0.308 e. The summed E-state index contributed by atoms with van der Waals surface area (Å²) < 4.78 is 1.11. The number of rotatable bonds is 6. The van der Waals surface area contributed by atoms with Gasteiger partial charge in [-0.15, -0.1) is 0 Å². The molecule has 1 aromatic carbocycles. The Balaban J connectivity index is 2.16. The molecule has 1 aromatic heterocycles. The Kier molecular flexibility index (Phi) is 5.92. The highest BCUT2D eigenvalue weighted by atomic mass is 16.4. The third-order valence-corrected chi connectivity index (χ3v) is 4.38. The number of carboxylic acids is 1. The Morgan fingerprint density at radius 1 is 1.27 bits per heavy atom. The van der Waals surface area contributed by atoms with Gasteiger partial charge in [-0.25, -0.2) is 4.68 Å². The summed E-state index contributed by atoms with van der Waals surface area (Å²) in [6, 6.07) is 7.58. The second-order valence-electron chi connectivity index (χ2n) is 6.45. The standard InChI is InChI=1S/C19H23N3O4/c1-11-6-5-7-14(8-11)9-15(19(25)26)10-20-17(23)16-12(2)13(3)21-22(4)18(16)24/h5-8,15H,9-10H2,1-4H3,(H,20,23)(H,25,26). The van der Waals surface area contributed by atoms with Crippen molar-refractivity contribution in [3.63, 3.8) is 0 Å². The van der Waals surface area contributed by atoms with E-state index in [4.69, 9.17) is 0 Å². The van der Waals surface area contributed by atoms with E-state index < -0.39 is 23.4 Å². The summed E-state index contributed by atoms with van der Waals surface area (Å²) in [5, 5.41) is 16.1. The fourth-order valence-corrected chi connectivity index (χ4v) is 2.79. The fraction of sp³-hybridized carbons (Fsp3) is 0.368. The van der Waals surface area contributed by atoms with Crippen molar-refractivity contribution in [1.82, 2.24) is 15.1 Å². The van der Waals surface area contributed by atoms with Gasteiger partial charge in [0.1, 0.15) is 5.56 Å². The summed E-state index contributed by atoms with van der Waals surface area (Å²) in [7, 11) is 1.48. The molecule has 7 heteroatoms. The second kappa shape index (κ2) is 7.95. The summed E-state index contributed by atoms with van der Waals surface area (Å²) in [4.78, 5) is 36.2. The topological polar surface area (TPSA) is 101 Å². The minimum atomic E-state index is -0.998. The zero-order chi connectivity index (χ0) is 19.4. The molecule has 1 heterocycles. The van der Waals surface area contributed by atoms with Gasteiger partial charge in [0.25, 0.3) is 11.5 Å². The average molecular weight is 357 g/mol. The Labute approximate surface area is 151 Å². The monoisotopic (exact) mass is 357 g/mol. The predicted molar refractivity (Wildman–Crippen MR) is 97.3 cm³/mol. The van der Waals surface area contributed by atoms with Gasteiger partial charge < -0.3 is 10.4 Å². The molecule has 0 saturated heterocycles. The number of aliphatic carboxylic acids is 1. The molecule has 1 unspecified atom stereocenters. The first-order valence-corrected chi connectivity index (χ1v) is 8.31. The van der Waals surface area contributed by atoms with Gasteiger partial charge in [-0.3, -0.25) is 14.4 Å². The molecule has 2 N–H and O–H groups in total. The van der Waals surface area contributed by atoms with E-state index in [1.807, 2.05) is 31.2 Å². The lowest BCUT2D eigenvalue weighted by Gasteiger charge is -2.15. The van der Waals surface area contributed by atoms with Crippen molar-refractivity contribution in [3.05, 3.63) is 62.6 Å². The third kappa shape index (κ3) is 4.36. The molecule has 1 amide bonds. The van der Waals surface area contributed by atoms with E-state index in [-0.39, 0.29) is 12.1 Å². The van der Waals surface area contributed by atoms with Gasteiger partial charge in [-0.05, 0) is 38.3 Å². The van der Waals surface area contributed by atoms with Crippen LogP contribution in [0.4, 0.5) is 0 Å². The number of carbonyl (C=O) groups is 2. The molecule has 0 radical (unpaired) electrons. The minimum Gasteiger partial charge on any atom is -0.481 e. The van der Waals surface area contributed by atoms with Crippen LogP contribution in [0, 0.1) is 26.7 Å². The highest BCUT2D eigenvalue weighted by Gasteiger charge is 2.22. The van der Waals surface area contributed by atoms with Crippen molar-refractivity contribution >= 4 is 11.9 Å². The molecule has 138 valence electrons. The number of aromatic nitrogens is 2. The van der Waals surface area contributed by atoms with Gasteiger partial charge in [-0.1, -0.05) is 29.8 Å². The summed E-state index contributed by atoms with van der Waals surface area (Å²) >= 11 is 0. The Hall–Kier alpha value is -2.96. The minimum absolute atomic E-state index is 0.000283. The molecular weight excluding hydrogens is 334 g/mol. The molecule has 26 heavy (non-hydrogen) atoms. The lowest BCUT2D eigenvalue weighted by molar-refractivity contribution is -0.141. The first-order valence-electron chi connectivity index (χ1n) is 8.31. The fourth-order valence-electron chi connectivity index (χ4n) is 2.79. The summed E-state index contributed by atoms with van der Waals surface area (Å²) in [5.41, 5.74) is 2.50. The zero-order valence-electron chi connectivity index (χ0n) is 15.4. The van der Waals surface area contributed by atoms with Crippen LogP contribution in [0.25, 0.3) is 0 Å². The molecule has 0 spiro atoms. The van der Waals surface area contributed by atoms with Gasteiger partial charge in [0.2, 0.25) is 0 Å². The molecule has 2 aromatic rings. The number of hydrogen-bond donors (Lipinski definition) is 2. The normalized spacial score (nSPS) is 11.8. The van der Waals surface area contributed by atoms with Gasteiger partial charge in [-0.2, -0.15) is 5.10 Å². The summed E-state index contributed by atoms with van der Waals surface area (Å²) in [6.45, 7) is 5.24. The first kappa shape index (κ1) is 19.4. The molecule has 2 rings (SSSR count). The van der Waals surface area contributed by atoms with Crippen LogP contribution in [0.2, 0.25) is 0 Å². The highest BCUT2D eigenvalue weighted by molar-refractivity contribution is 5.95. The average Bonchev–Trinajstić information content (AvgIpc) is 2.57. The molecule has 1 atom stereocenters. The Bertz CT molecular complexity index is 902. The molecular formula is C19H23N3O4.